The number of carbonyl (C=O) groups is 1. The summed E-state index contributed by atoms with van der Waals surface area (Å²) in [6, 6.07) is 22.4. The monoisotopic (exact) mass is 498 g/mol. The van der Waals surface area contributed by atoms with Gasteiger partial charge in [-0.25, -0.2) is 4.98 Å². The Labute approximate surface area is 217 Å². The van der Waals surface area contributed by atoms with Crippen LogP contribution in [0.15, 0.2) is 72.9 Å². The van der Waals surface area contributed by atoms with E-state index in [0.29, 0.717) is 26.1 Å². The van der Waals surface area contributed by atoms with Gasteiger partial charge in [0.15, 0.2) is 5.82 Å². The number of pyridine rings is 1. The zero-order valence-corrected chi connectivity index (χ0v) is 21.6. The standard InChI is InChI=1S/C29H34N6O2/c1-29(2,33-27(36)15-18-37-3)22-13-14-26(32-20-22)30-16-17-31-28-24-12-8-7-11-23(24)25(34-35-28)19-21-9-5-4-6-10-21/h4-14,20H,15-19H2,1-3H3,(H,30,32)(H,31,35)(H,33,36). The fraction of sp³-hybridized carbons (Fsp3) is 0.310. The highest BCUT2D eigenvalue weighted by molar-refractivity contribution is 5.93. The Kier molecular flexibility index (Phi) is 8.64. The van der Waals surface area contributed by atoms with Gasteiger partial charge in [0.1, 0.15) is 5.82 Å². The molecule has 37 heavy (non-hydrogen) atoms. The summed E-state index contributed by atoms with van der Waals surface area (Å²) >= 11 is 0. The van der Waals surface area contributed by atoms with Crippen LogP contribution in [0, 0.1) is 0 Å². The smallest absolute Gasteiger partial charge is 0.222 e. The number of aromatic nitrogens is 3. The van der Waals surface area contributed by atoms with Gasteiger partial charge in [0, 0.05) is 50.0 Å². The Morgan fingerprint density at radius 1 is 0.892 bits per heavy atom. The van der Waals surface area contributed by atoms with E-state index in [1.165, 1.54) is 5.56 Å². The quantitative estimate of drug-likeness (QED) is 0.247. The van der Waals surface area contributed by atoms with Crippen molar-refractivity contribution in [3.8, 4) is 0 Å². The summed E-state index contributed by atoms with van der Waals surface area (Å²) < 4.78 is 4.98. The summed E-state index contributed by atoms with van der Waals surface area (Å²) in [5.74, 6) is 1.48. The molecule has 192 valence electrons. The lowest BCUT2D eigenvalue weighted by Gasteiger charge is -2.26. The summed E-state index contributed by atoms with van der Waals surface area (Å²) in [5, 5.41) is 20.9. The van der Waals surface area contributed by atoms with Crippen molar-refractivity contribution < 1.29 is 9.53 Å². The van der Waals surface area contributed by atoms with Crippen LogP contribution in [0.4, 0.5) is 11.6 Å². The average Bonchev–Trinajstić information content (AvgIpc) is 2.91. The van der Waals surface area contributed by atoms with Crippen molar-refractivity contribution in [1.29, 1.82) is 0 Å². The van der Waals surface area contributed by atoms with Crippen LogP contribution in [0.5, 0.6) is 0 Å². The highest BCUT2D eigenvalue weighted by atomic mass is 16.5. The predicted molar refractivity (Wildman–Crippen MR) is 148 cm³/mol. The molecule has 0 fully saturated rings. The molecule has 4 rings (SSSR count). The lowest BCUT2D eigenvalue weighted by atomic mass is 9.95. The second kappa shape index (κ2) is 12.3. The molecule has 8 heteroatoms. The third-order valence-corrected chi connectivity index (χ3v) is 6.17. The molecule has 0 bridgehead atoms. The Balaban J connectivity index is 1.32. The van der Waals surface area contributed by atoms with Crippen LogP contribution in [0.3, 0.4) is 0 Å². The molecule has 0 aliphatic rings. The van der Waals surface area contributed by atoms with E-state index in [4.69, 9.17) is 4.74 Å². The third-order valence-electron chi connectivity index (χ3n) is 6.17. The van der Waals surface area contributed by atoms with Gasteiger partial charge in [0.25, 0.3) is 0 Å². The highest BCUT2D eigenvalue weighted by Gasteiger charge is 2.23. The van der Waals surface area contributed by atoms with Gasteiger partial charge in [0.05, 0.1) is 17.8 Å². The van der Waals surface area contributed by atoms with E-state index in [0.717, 1.165) is 40.1 Å². The van der Waals surface area contributed by atoms with E-state index in [1.54, 1.807) is 13.3 Å². The number of rotatable bonds is 12. The Morgan fingerprint density at radius 2 is 1.62 bits per heavy atom. The molecule has 2 heterocycles. The molecule has 0 aliphatic carbocycles. The molecular weight excluding hydrogens is 464 g/mol. The second-order valence-corrected chi connectivity index (χ2v) is 9.40. The molecular formula is C29H34N6O2. The fourth-order valence-electron chi connectivity index (χ4n) is 4.13. The maximum absolute atomic E-state index is 12.1. The normalized spacial score (nSPS) is 11.3. The largest absolute Gasteiger partial charge is 0.384 e. The SMILES string of the molecule is COCCC(=O)NC(C)(C)c1ccc(NCCNc2nnc(Cc3ccccc3)c3ccccc23)nc1. The van der Waals surface area contributed by atoms with Crippen LogP contribution in [0.25, 0.3) is 10.8 Å². The summed E-state index contributed by atoms with van der Waals surface area (Å²) in [6.07, 6.45) is 2.86. The van der Waals surface area contributed by atoms with Crippen molar-refractivity contribution in [2.45, 2.75) is 32.2 Å². The van der Waals surface area contributed by atoms with Crippen LogP contribution in [0.1, 0.15) is 37.1 Å². The number of amides is 1. The van der Waals surface area contributed by atoms with Crippen LogP contribution >= 0.6 is 0 Å². The molecule has 2 aromatic carbocycles. The Bertz CT molecular complexity index is 1310. The van der Waals surface area contributed by atoms with Gasteiger partial charge < -0.3 is 20.7 Å². The topological polar surface area (TPSA) is 101 Å². The van der Waals surface area contributed by atoms with Gasteiger partial charge in [-0.2, -0.15) is 5.10 Å². The molecule has 1 amide bonds. The van der Waals surface area contributed by atoms with Crippen LogP contribution in [0.2, 0.25) is 0 Å². The van der Waals surface area contributed by atoms with Crippen LogP contribution in [-0.2, 0) is 21.5 Å². The van der Waals surface area contributed by atoms with Crippen molar-refractivity contribution in [2.24, 2.45) is 0 Å². The summed E-state index contributed by atoms with van der Waals surface area (Å²) in [7, 11) is 1.59. The van der Waals surface area contributed by atoms with E-state index in [-0.39, 0.29) is 5.91 Å². The first kappa shape index (κ1) is 26.0. The molecule has 0 unspecified atom stereocenters. The summed E-state index contributed by atoms with van der Waals surface area (Å²) in [4.78, 5) is 16.6. The zero-order valence-electron chi connectivity index (χ0n) is 21.6. The molecule has 3 N–H and O–H groups in total. The van der Waals surface area contributed by atoms with E-state index in [2.05, 4.69) is 55.4 Å². The molecule has 2 aromatic heterocycles. The second-order valence-electron chi connectivity index (χ2n) is 9.40. The number of benzene rings is 2. The van der Waals surface area contributed by atoms with Gasteiger partial charge in [0.2, 0.25) is 5.91 Å². The predicted octanol–water partition coefficient (Wildman–Crippen LogP) is 4.53. The molecule has 4 aromatic rings. The van der Waals surface area contributed by atoms with E-state index in [1.807, 2.05) is 56.3 Å². The first-order valence-corrected chi connectivity index (χ1v) is 12.5. The van der Waals surface area contributed by atoms with Crippen molar-refractivity contribution in [3.05, 3.63) is 89.7 Å². The van der Waals surface area contributed by atoms with Gasteiger partial charge in [-0.3, -0.25) is 4.79 Å². The first-order valence-electron chi connectivity index (χ1n) is 12.5. The van der Waals surface area contributed by atoms with Gasteiger partial charge >= 0.3 is 0 Å². The number of methoxy groups -OCH3 is 1. The fourth-order valence-corrected chi connectivity index (χ4v) is 4.13. The minimum absolute atomic E-state index is 0.0520. The van der Waals surface area contributed by atoms with E-state index < -0.39 is 5.54 Å². The Morgan fingerprint density at radius 3 is 2.35 bits per heavy atom. The maximum Gasteiger partial charge on any atom is 0.222 e. The number of carbonyl (C=O) groups excluding carboxylic acids is 1. The van der Waals surface area contributed by atoms with Crippen molar-refractivity contribution >= 4 is 28.3 Å². The minimum Gasteiger partial charge on any atom is -0.384 e. The maximum atomic E-state index is 12.1. The van der Waals surface area contributed by atoms with Crippen molar-refractivity contribution in [1.82, 2.24) is 20.5 Å². The van der Waals surface area contributed by atoms with E-state index >= 15 is 0 Å². The Hall–Kier alpha value is -4.04. The number of ether oxygens (including phenoxy) is 1. The summed E-state index contributed by atoms with van der Waals surface area (Å²) in [6.45, 7) is 5.63. The first-order chi connectivity index (χ1) is 18.0. The van der Waals surface area contributed by atoms with Gasteiger partial charge in [-0.05, 0) is 31.0 Å². The lowest BCUT2D eigenvalue weighted by molar-refractivity contribution is -0.123. The number of anilines is 2. The summed E-state index contributed by atoms with van der Waals surface area (Å²) in [5.41, 5.74) is 2.58. The molecule has 0 radical (unpaired) electrons. The third kappa shape index (κ3) is 7.01. The van der Waals surface area contributed by atoms with E-state index in [9.17, 15) is 4.79 Å². The molecule has 0 saturated heterocycles. The molecule has 0 atom stereocenters. The molecule has 0 spiro atoms. The highest BCUT2D eigenvalue weighted by Crippen LogP contribution is 2.24. The van der Waals surface area contributed by atoms with Gasteiger partial charge in [-0.15, -0.1) is 5.10 Å². The molecule has 0 saturated carbocycles. The minimum atomic E-state index is -0.524. The van der Waals surface area contributed by atoms with Gasteiger partial charge in [-0.1, -0.05) is 60.7 Å². The lowest BCUT2D eigenvalue weighted by Crippen LogP contribution is -2.41. The van der Waals surface area contributed by atoms with Crippen LogP contribution < -0.4 is 16.0 Å². The number of hydrogen-bond acceptors (Lipinski definition) is 7. The van der Waals surface area contributed by atoms with Crippen LogP contribution in [-0.4, -0.2) is 47.9 Å². The number of nitrogens with zero attached hydrogens (tertiary/aromatic N) is 3. The molecule has 8 nitrogen and oxygen atoms in total. The number of fused-ring (bicyclic) bond motifs is 1. The number of nitrogens with one attached hydrogen (secondary N) is 3. The number of hydrogen-bond donors (Lipinski definition) is 3. The molecule has 0 aliphatic heterocycles. The zero-order chi connectivity index (χ0) is 26.1. The average molecular weight is 499 g/mol. The van der Waals surface area contributed by atoms with Crippen molar-refractivity contribution in [3.63, 3.8) is 0 Å². The van der Waals surface area contributed by atoms with Crippen molar-refractivity contribution in [2.75, 3.05) is 37.4 Å².